The molecule has 0 spiro atoms. The highest BCUT2D eigenvalue weighted by Crippen LogP contribution is 2.35. The number of fused-ring (bicyclic) bond motifs is 1. The van der Waals surface area contributed by atoms with Crippen LogP contribution in [-0.4, -0.2) is 23.4 Å². The van der Waals surface area contributed by atoms with Gasteiger partial charge in [-0.05, 0) is 22.8 Å². The fraction of sp³-hybridized carbons (Fsp3) is 0.353. The van der Waals surface area contributed by atoms with Gasteiger partial charge in [-0.15, -0.1) is 0 Å². The van der Waals surface area contributed by atoms with E-state index in [0.717, 1.165) is 13.0 Å². The van der Waals surface area contributed by atoms with Gasteiger partial charge in [-0.2, -0.15) is 0 Å². The Hall–Kier alpha value is -1.87. The molecule has 2 unspecified atom stereocenters. The summed E-state index contributed by atoms with van der Waals surface area (Å²) < 4.78 is 0. The normalized spacial score (nSPS) is 22.7. The van der Waals surface area contributed by atoms with Gasteiger partial charge in [-0.3, -0.25) is 4.79 Å². The van der Waals surface area contributed by atoms with Crippen molar-refractivity contribution in [3.8, 4) is 0 Å². The predicted molar refractivity (Wildman–Crippen MR) is 81.3 cm³/mol. The lowest BCUT2D eigenvalue weighted by Gasteiger charge is -2.28. The Bertz CT molecular complexity index is 632. The number of hydrogen-bond donors (Lipinski definition) is 1. The van der Waals surface area contributed by atoms with E-state index in [1.807, 2.05) is 17.0 Å². The third kappa shape index (κ3) is 2.08. The average Bonchev–Trinajstić information content (AvgIpc) is 2.73. The van der Waals surface area contributed by atoms with E-state index in [1.54, 1.807) is 0 Å². The monoisotopic (exact) mass is 268 g/mol. The Kier molecular flexibility index (Phi) is 3.45. The first-order valence-corrected chi connectivity index (χ1v) is 7.25. The lowest BCUT2D eigenvalue weighted by molar-refractivity contribution is -0.129. The van der Waals surface area contributed by atoms with Gasteiger partial charge in [0.25, 0.3) is 0 Å². The van der Waals surface area contributed by atoms with Crippen LogP contribution < -0.4 is 5.73 Å². The third-order valence-electron chi connectivity index (χ3n) is 4.08. The van der Waals surface area contributed by atoms with Crippen LogP contribution in [0.4, 0.5) is 0 Å². The summed E-state index contributed by atoms with van der Waals surface area (Å²) >= 11 is 0. The van der Waals surface area contributed by atoms with E-state index in [1.165, 1.54) is 16.3 Å². The molecule has 2 N–H and O–H groups in total. The number of carbonyl (C=O) groups is 1. The molecule has 1 aliphatic rings. The van der Waals surface area contributed by atoms with Gasteiger partial charge in [-0.1, -0.05) is 49.4 Å². The predicted octanol–water partition coefficient (Wildman–Crippen LogP) is 2.85. The van der Waals surface area contributed by atoms with Crippen LogP contribution in [0.3, 0.4) is 0 Å². The van der Waals surface area contributed by atoms with E-state index in [0.29, 0.717) is 6.42 Å². The van der Waals surface area contributed by atoms with Crippen LogP contribution >= 0.6 is 0 Å². The van der Waals surface area contributed by atoms with Gasteiger partial charge in [0.2, 0.25) is 5.91 Å². The van der Waals surface area contributed by atoms with E-state index >= 15 is 0 Å². The summed E-state index contributed by atoms with van der Waals surface area (Å²) in [6, 6.07) is 14.5. The number of rotatable bonds is 3. The molecule has 1 amide bonds. The molecule has 0 saturated carbocycles. The summed E-state index contributed by atoms with van der Waals surface area (Å²) in [7, 11) is 0. The summed E-state index contributed by atoms with van der Waals surface area (Å²) in [5, 5.41) is 2.40. The van der Waals surface area contributed by atoms with Crippen molar-refractivity contribution in [2.24, 2.45) is 5.73 Å². The van der Waals surface area contributed by atoms with Crippen molar-refractivity contribution in [1.82, 2.24) is 4.90 Å². The number of likely N-dealkylation sites (tertiary alicyclic amines) is 1. The second-order valence-electron chi connectivity index (χ2n) is 5.47. The molecule has 20 heavy (non-hydrogen) atoms. The molecule has 1 saturated heterocycles. The van der Waals surface area contributed by atoms with E-state index in [2.05, 4.69) is 37.3 Å². The Morgan fingerprint density at radius 2 is 1.95 bits per heavy atom. The molecule has 0 aliphatic carbocycles. The summed E-state index contributed by atoms with van der Waals surface area (Å²) in [4.78, 5) is 14.1. The van der Waals surface area contributed by atoms with Gasteiger partial charge in [0, 0.05) is 19.0 Å². The van der Waals surface area contributed by atoms with Crippen LogP contribution in [0.15, 0.2) is 42.5 Å². The van der Waals surface area contributed by atoms with Crippen LogP contribution in [-0.2, 0) is 4.79 Å². The van der Waals surface area contributed by atoms with E-state index < -0.39 is 0 Å². The first-order chi connectivity index (χ1) is 9.72. The number of amides is 1. The standard InChI is InChI=1S/C17H20N2O/c1-2-10-19-16(20)11-15(18)17(19)14-9-5-7-12-6-3-4-8-13(12)14/h3-9,15,17H,2,10-11,18H2,1H3. The minimum Gasteiger partial charge on any atom is -0.334 e. The SMILES string of the molecule is CCCN1C(=O)CC(N)C1c1cccc2ccccc12. The maximum Gasteiger partial charge on any atom is 0.224 e. The summed E-state index contributed by atoms with van der Waals surface area (Å²) in [5.41, 5.74) is 7.43. The Morgan fingerprint density at radius 3 is 2.75 bits per heavy atom. The number of nitrogens with two attached hydrogens (primary N) is 1. The molecule has 0 aromatic heterocycles. The molecule has 1 fully saturated rings. The van der Waals surface area contributed by atoms with Crippen LogP contribution in [0.2, 0.25) is 0 Å². The quantitative estimate of drug-likeness (QED) is 0.930. The highest BCUT2D eigenvalue weighted by Gasteiger charge is 2.38. The average molecular weight is 268 g/mol. The van der Waals surface area contributed by atoms with Crippen molar-refractivity contribution in [3.63, 3.8) is 0 Å². The van der Waals surface area contributed by atoms with E-state index in [-0.39, 0.29) is 18.0 Å². The number of hydrogen-bond acceptors (Lipinski definition) is 2. The van der Waals surface area contributed by atoms with Crippen molar-refractivity contribution in [3.05, 3.63) is 48.0 Å². The second-order valence-corrected chi connectivity index (χ2v) is 5.47. The van der Waals surface area contributed by atoms with Gasteiger partial charge in [0.05, 0.1) is 6.04 Å². The van der Waals surface area contributed by atoms with Crippen molar-refractivity contribution in [1.29, 1.82) is 0 Å². The van der Waals surface area contributed by atoms with Crippen molar-refractivity contribution < 1.29 is 4.79 Å². The van der Waals surface area contributed by atoms with Crippen LogP contribution in [0.5, 0.6) is 0 Å². The largest absolute Gasteiger partial charge is 0.334 e. The number of carbonyl (C=O) groups excluding carboxylic acids is 1. The van der Waals surface area contributed by atoms with Gasteiger partial charge < -0.3 is 10.6 Å². The number of benzene rings is 2. The molecule has 2 atom stereocenters. The molecule has 0 bridgehead atoms. The molecule has 3 nitrogen and oxygen atoms in total. The maximum absolute atomic E-state index is 12.1. The molecular formula is C17H20N2O. The van der Waals surface area contributed by atoms with Crippen LogP contribution in [0.1, 0.15) is 31.4 Å². The van der Waals surface area contributed by atoms with Gasteiger partial charge >= 0.3 is 0 Å². The van der Waals surface area contributed by atoms with Crippen LogP contribution in [0.25, 0.3) is 10.8 Å². The fourth-order valence-corrected chi connectivity index (χ4v) is 3.23. The highest BCUT2D eigenvalue weighted by atomic mass is 16.2. The lowest BCUT2D eigenvalue weighted by Crippen LogP contribution is -2.33. The minimum absolute atomic E-state index is 0.00792. The van der Waals surface area contributed by atoms with E-state index in [9.17, 15) is 4.79 Å². The van der Waals surface area contributed by atoms with E-state index in [4.69, 9.17) is 5.73 Å². The Balaban J connectivity index is 2.11. The van der Waals surface area contributed by atoms with Crippen LogP contribution in [0, 0.1) is 0 Å². The summed E-state index contributed by atoms with van der Waals surface area (Å²) in [5.74, 6) is 0.178. The molecule has 3 rings (SSSR count). The summed E-state index contributed by atoms with van der Waals surface area (Å²) in [6.45, 7) is 2.87. The fourth-order valence-electron chi connectivity index (χ4n) is 3.23. The third-order valence-corrected chi connectivity index (χ3v) is 4.08. The number of nitrogens with zero attached hydrogens (tertiary/aromatic N) is 1. The van der Waals surface area contributed by atoms with Crippen molar-refractivity contribution in [2.45, 2.75) is 31.8 Å². The zero-order chi connectivity index (χ0) is 14.1. The smallest absolute Gasteiger partial charge is 0.224 e. The van der Waals surface area contributed by atoms with Gasteiger partial charge in [0.15, 0.2) is 0 Å². The molecule has 0 radical (unpaired) electrons. The first kappa shape index (κ1) is 13.1. The zero-order valence-corrected chi connectivity index (χ0v) is 11.8. The second kappa shape index (κ2) is 5.25. The molecule has 1 aliphatic heterocycles. The molecular weight excluding hydrogens is 248 g/mol. The zero-order valence-electron chi connectivity index (χ0n) is 11.8. The molecule has 3 heteroatoms. The Morgan fingerprint density at radius 1 is 1.20 bits per heavy atom. The lowest BCUT2D eigenvalue weighted by atomic mass is 9.95. The molecule has 1 heterocycles. The molecule has 104 valence electrons. The summed E-state index contributed by atoms with van der Waals surface area (Å²) in [6.07, 6.45) is 1.41. The molecule has 2 aromatic rings. The van der Waals surface area contributed by atoms with Gasteiger partial charge in [-0.25, -0.2) is 0 Å². The highest BCUT2D eigenvalue weighted by molar-refractivity contribution is 5.88. The minimum atomic E-state index is -0.111. The topological polar surface area (TPSA) is 46.3 Å². The van der Waals surface area contributed by atoms with Crippen molar-refractivity contribution >= 4 is 16.7 Å². The Labute approximate surface area is 119 Å². The van der Waals surface area contributed by atoms with Crippen molar-refractivity contribution in [2.75, 3.05) is 6.54 Å². The van der Waals surface area contributed by atoms with Gasteiger partial charge in [0.1, 0.15) is 0 Å². The first-order valence-electron chi connectivity index (χ1n) is 7.25. The molecule has 2 aromatic carbocycles. The maximum atomic E-state index is 12.1.